The van der Waals surface area contributed by atoms with Crippen LogP contribution in [0.25, 0.3) is 0 Å². The molecule has 11 atom stereocenters. The third-order valence-corrected chi connectivity index (χ3v) is 14.2. The van der Waals surface area contributed by atoms with E-state index in [2.05, 4.69) is 34.6 Å². The van der Waals surface area contributed by atoms with Gasteiger partial charge in [0.2, 0.25) is 0 Å². The van der Waals surface area contributed by atoms with Crippen LogP contribution in [0.1, 0.15) is 86.0 Å². The van der Waals surface area contributed by atoms with Gasteiger partial charge < -0.3 is 24.2 Å². The van der Waals surface area contributed by atoms with Gasteiger partial charge in [-0.3, -0.25) is 0 Å². The Morgan fingerprint density at radius 1 is 0.919 bits per heavy atom. The molecule has 0 aromatic heterocycles. The summed E-state index contributed by atoms with van der Waals surface area (Å²) in [4.78, 5) is 14.9. The summed E-state index contributed by atoms with van der Waals surface area (Å²) in [6.07, 6.45) is 8.95. The first-order chi connectivity index (χ1) is 17.5. The van der Waals surface area contributed by atoms with E-state index in [0.29, 0.717) is 60.8 Å². The third-order valence-electron chi connectivity index (χ3n) is 14.2. The van der Waals surface area contributed by atoms with Crippen LogP contribution < -0.4 is 0 Å². The summed E-state index contributed by atoms with van der Waals surface area (Å²) in [5, 5.41) is 12.0. The van der Waals surface area contributed by atoms with Crippen LogP contribution in [0, 0.1) is 50.7 Å². The zero-order chi connectivity index (χ0) is 26.0. The second-order valence-corrected chi connectivity index (χ2v) is 15.3. The molecule has 5 aliphatic carbocycles. The quantitative estimate of drug-likeness (QED) is 0.515. The summed E-state index contributed by atoms with van der Waals surface area (Å²) in [5.74, 6) is 2.23. The van der Waals surface area contributed by atoms with E-state index in [1.807, 2.05) is 4.90 Å². The van der Waals surface area contributed by atoms with Gasteiger partial charge in [0.05, 0.1) is 25.4 Å². The number of hydrogen-bond acceptors (Lipinski definition) is 5. The van der Waals surface area contributed by atoms with Crippen LogP contribution in [0.4, 0.5) is 4.79 Å². The van der Waals surface area contributed by atoms with Gasteiger partial charge in [0.1, 0.15) is 6.10 Å². The Labute approximate surface area is 223 Å². The number of morpholine rings is 1. The molecule has 0 bridgehead atoms. The Morgan fingerprint density at radius 3 is 2.38 bits per heavy atom. The lowest BCUT2D eigenvalue weighted by atomic mass is 9.41. The number of ether oxygens (including phenoxy) is 3. The van der Waals surface area contributed by atoms with Gasteiger partial charge in [-0.15, -0.1) is 0 Å². The number of aliphatic hydroxyl groups is 1. The van der Waals surface area contributed by atoms with Crippen molar-refractivity contribution in [2.45, 2.75) is 104 Å². The predicted octanol–water partition coefficient (Wildman–Crippen LogP) is 5.27. The van der Waals surface area contributed by atoms with Crippen LogP contribution >= 0.6 is 0 Å². The average Bonchev–Trinajstić information content (AvgIpc) is 3.51. The zero-order valence-corrected chi connectivity index (χ0v) is 23.8. The molecule has 6 nitrogen and oxygen atoms in total. The number of nitrogens with zero attached hydrogens (tertiary/aromatic N) is 1. The van der Waals surface area contributed by atoms with Gasteiger partial charge >= 0.3 is 6.09 Å². The fourth-order valence-electron chi connectivity index (χ4n) is 12.3. The summed E-state index contributed by atoms with van der Waals surface area (Å²) in [5.41, 5.74) is 0.724. The molecule has 6 unspecified atom stereocenters. The molecule has 7 aliphatic rings. The standard InChI is InChI=1S/C31H49NO5/c1-19-9-15-36-24-23(19)28(4)11-12-31-18-30(31)10-8-22(37-26(34)32-13-16-35-17-14-32)27(2,3)20(30)6-7-21(31)29(28,5)25(24)33/h19-25,33H,6-18H2,1-5H3/t19-,20+,21?,22?,23+,24?,25+,28?,29-,30?,31?/m1/s1. The second kappa shape index (κ2) is 7.87. The average molecular weight is 516 g/mol. The summed E-state index contributed by atoms with van der Waals surface area (Å²) in [6.45, 7) is 15.4. The van der Waals surface area contributed by atoms with Gasteiger partial charge in [0.15, 0.2) is 0 Å². The molecule has 0 aromatic carbocycles. The molecule has 6 heteroatoms. The summed E-state index contributed by atoms with van der Waals surface area (Å²) in [7, 11) is 0. The maximum atomic E-state index is 13.0. The van der Waals surface area contributed by atoms with Crippen LogP contribution in [0.2, 0.25) is 0 Å². The maximum absolute atomic E-state index is 13.0. The molecule has 7 rings (SSSR count). The highest BCUT2D eigenvalue weighted by atomic mass is 16.6. The fourth-order valence-corrected chi connectivity index (χ4v) is 12.3. The topological polar surface area (TPSA) is 68.2 Å². The molecule has 2 spiro atoms. The SMILES string of the molecule is C[C@@H]1CCOC2[C@H]1C1(C)CCC34CC35CCC(OC(=O)N3CCOCC3)C(C)(C)[C@@H]5CCC4[C@]1(C)[C@H]2O. The lowest BCUT2D eigenvalue weighted by Gasteiger charge is -2.63. The number of amides is 1. The van der Waals surface area contributed by atoms with Gasteiger partial charge in [-0.2, -0.15) is 0 Å². The minimum absolute atomic E-state index is 0.00750. The number of hydrogen-bond donors (Lipinski definition) is 1. The van der Waals surface area contributed by atoms with Crippen LogP contribution in [0.15, 0.2) is 0 Å². The Morgan fingerprint density at radius 2 is 1.62 bits per heavy atom. The molecule has 2 heterocycles. The molecular weight excluding hydrogens is 466 g/mol. The predicted molar refractivity (Wildman–Crippen MR) is 140 cm³/mol. The van der Waals surface area contributed by atoms with E-state index >= 15 is 0 Å². The molecule has 2 aliphatic heterocycles. The molecule has 2 saturated heterocycles. The van der Waals surface area contributed by atoms with E-state index in [1.165, 1.54) is 38.5 Å². The van der Waals surface area contributed by atoms with Crippen molar-refractivity contribution >= 4 is 6.09 Å². The van der Waals surface area contributed by atoms with Gasteiger partial charge in [-0.05, 0) is 91.3 Å². The van der Waals surface area contributed by atoms with Crippen molar-refractivity contribution in [3.8, 4) is 0 Å². The zero-order valence-electron chi connectivity index (χ0n) is 23.8. The highest BCUT2D eigenvalue weighted by Crippen LogP contribution is 2.89. The van der Waals surface area contributed by atoms with Crippen LogP contribution in [-0.4, -0.2) is 67.3 Å². The maximum Gasteiger partial charge on any atom is 0.410 e. The molecule has 0 aromatic rings. The minimum atomic E-state index is -0.361. The van der Waals surface area contributed by atoms with Crippen molar-refractivity contribution in [3.05, 3.63) is 0 Å². The van der Waals surface area contributed by atoms with E-state index in [4.69, 9.17) is 14.2 Å². The molecule has 37 heavy (non-hydrogen) atoms. The van der Waals surface area contributed by atoms with Crippen molar-refractivity contribution in [3.63, 3.8) is 0 Å². The monoisotopic (exact) mass is 515 g/mol. The Kier molecular flexibility index (Phi) is 5.35. The van der Waals surface area contributed by atoms with Crippen molar-refractivity contribution in [2.75, 3.05) is 32.9 Å². The van der Waals surface area contributed by atoms with Gasteiger partial charge in [-0.25, -0.2) is 4.79 Å². The number of rotatable bonds is 1. The smallest absolute Gasteiger partial charge is 0.410 e. The number of fused-ring (bicyclic) bond motifs is 4. The second-order valence-electron chi connectivity index (χ2n) is 15.3. The number of aliphatic hydroxyl groups excluding tert-OH is 1. The van der Waals surface area contributed by atoms with E-state index in [-0.39, 0.29) is 40.7 Å². The summed E-state index contributed by atoms with van der Waals surface area (Å²) in [6, 6.07) is 0. The van der Waals surface area contributed by atoms with Crippen LogP contribution in [-0.2, 0) is 14.2 Å². The van der Waals surface area contributed by atoms with Crippen molar-refractivity contribution in [2.24, 2.45) is 50.7 Å². The highest BCUT2D eigenvalue weighted by Gasteiger charge is 2.84. The Balaban J connectivity index is 1.16. The minimum Gasteiger partial charge on any atom is -0.446 e. The largest absolute Gasteiger partial charge is 0.446 e. The van der Waals surface area contributed by atoms with Crippen molar-refractivity contribution in [1.82, 2.24) is 4.90 Å². The molecule has 1 N–H and O–H groups in total. The highest BCUT2D eigenvalue weighted by molar-refractivity contribution is 5.68. The molecule has 1 amide bonds. The molecule has 208 valence electrons. The molecule has 7 fully saturated rings. The molecular formula is C31H49NO5. The summed E-state index contributed by atoms with van der Waals surface area (Å²) < 4.78 is 18.1. The summed E-state index contributed by atoms with van der Waals surface area (Å²) >= 11 is 0. The van der Waals surface area contributed by atoms with E-state index in [0.717, 1.165) is 19.4 Å². The van der Waals surface area contributed by atoms with Gasteiger partial charge in [0.25, 0.3) is 0 Å². The van der Waals surface area contributed by atoms with Gasteiger partial charge in [-0.1, -0.05) is 34.6 Å². The fraction of sp³-hybridized carbons (Fsp3) is 0.968. The van der Waals surface area contributed by atoms with Crippen LogP contribution in [0.3, 0.4) is 0 Å². The van der Waals surface area contributed by atoms with E-state index in [9.17, 15) is 9.90 Å². The van der Waals surface area contributed by atoms with Gasteiger partial charge in [0, 0.05) is 30.5 Å². The first kappa shape index (κ1) is 25.1. The molecule has 0 radical (unpaired) electrons. The molecule has 5 saturated carbocycles. The first-order valence-corrected chi connectivity index (χ1v) is 15.4. The van der Waals surface area contributed by atoms with Crippen molar-refractivity contribution < 1.29 is 24.1 Å². The number of carbonyl (C=O) groups is 1. The normalized spacial score (nSPS) is 55.7. The lowest BCUT2D eigenvalue weighted by molar-refractivity contribution is -0.183. The Hall–Kier alpha value is -0.850. The van der Waals surface area contributed by atoms with Crippen LogP contribution in [0.5, 0.6) is 0 Å². The first-order valence-electron chi connectivity index (χ1n) is 15.4. The van der Waals surface area contributed by atoms with E-state index in [1.54, 1.807) is 0 Å². The Bertz CT molecular complexity index is 963. The number of carbonyl (C=O) groups excluding carboxylic acids is 1. The lowest BCUT2D eigenvalue weighted by Crippen LogP contribution is -2.60. The van der Waals surface area contributed by atoms with E-state index < -0.39 is 0 Å². The van der Waals surface area contributed by atoms with Crippen molar-refractivity contribution in [1.29, 1.82) is 0 Å². The third kappa shape index (κ3) is 2.91.